The second-order valence-electron chi connectivity index (χ2n) is 5.67. The number of ether oxygens (including phenoxy) is 5. The molecule has 0 saturated carbocycles. The molecule has 2 aromatic carbocycles. The lowest BCUT2D eigenvalue weighted by molar-refractivity contribution is -0.123. The van der Waals surface area contributed by atoms with E-state index in [2.05, 4.69) is 5.32 Å². The fraction of sp³-hybridized carbons (Fsp3) is 0.300. The van der Waals surface area contributed by atoms with E-state index in [4.69, 9.17) is 23.7 Å². The number of rotatable bonds is 8. The first-order valence-electron chi connectivity index (χ1n) is 8.39. The average Bonchev–Trinajstić information content (AvgIpc) is 2.72. The van der Waals surface area contributed by atoms with Crippen molar-refractivity contribution in [3.05, 3.63) is 42.0 Å². The van der Waals surface area contributed by atoms with Crippen molar-refractivity contribution in [2.75, 3.05) is 33.8 Å². The Kier molecular flexibility index (Phi) is 7.08. The number of esters is 1. The molecule has 1 atom stereocenters. The first kappa shape index (κ1) is 20.9. The highest BCUT2D eigenvalue weighted by Gasteiger charge is 2.23. The maximum atomic E-state index is 12.5. The van der Waals surface area contributed by atoms with Crippen LogP contribution in [-0.2, 0) is 9.53 Å². The molecule has 0 bridgehead atoms. The second-order valence-corrected chi connectivity index (χ2v) is 5.67. The first-order chi connectivity index (χ1) is 13.4. The molecule has 0 aromatic heterocycles. The third-order valence-corrected chi connectivity index (χ3v) is 3.94. The molecule has 8 heteroatoms. The minimum atomic E-state index is -1.03. The van der Waals surface area contributed by atoms with Crippen molar-refractivity contribution in [1.29, 1.82) is 0 Å². The smallest absolute Gasteiger partial charge is 0.342 e. The van der Waals surface area contributed by atoms with Crippen molar-refractivity contribution >= 4 is 17.6 Å². The van der Waals surface area contributed by atoms with Crippen LogP contribution in [0.15, 0.2) is 36.4 Å². The van der Waals surface area contributed by atoms with Gasteiger partial charge >= 0.3 is 5.97 Å². The van der Waals surface area contributed by atoms with Gasteiger partial charge in [0.05, 0.1) is 28.4 Å². The first-order valence-corrected chi connectivity index (χ1v) is 8.39. The molecule has 1 amide bonds. The minimum Gasteiger partial charge on any atom is -0.497 e. The topological polar surface area (TPSA) is 92.3 Å². The molecular formula is C20H23NO7. The zero-order valence-electron chi connectivity index (χ0n) is 16.4. The number of hydrogen-bond donors (Lipinski definition) is 1. The van der Waals surface area contributed by atoms with Crippen molar-refractivity contribution in [3.63, 3.8) is 0 Å². The molecule has 0 radical (unpaired) electrons. The highest BCUT2D eigenvalue weighted by atomic mass is 16.6. The van der Waals surface area contributed by atoms with Crippen LogP contribution in [0.4, 0.5) is 5.69 Å². The number of benzene rings is 2. The molecule has 1 N–H and O–H groups in total. The van der Waals surface area contributed by atoms with Gasteiger partial charge in [0.1, 0.15) is 17.1 Å². The largest absolute Gasteiger partial charge is 0.497 e. The molecule has 0 aliphatic heterocycles. The number of amides is 1. The zero-order chi connectivity index (χ0) is 20.7. The van der Waals surface area contributed by atoms with Crippen LogP contribution < -0.4 is 24.3 Å². The van der Waals surface area contributed by atoms with Crippen LogP contribution >= 0.6 is 0 Å². The van der Waals surface area contributed by atoms with Crippen molar-refractivity contribution in [1.82, 2.24) is 0 Å². The van der Waals surface area contributed by atoms with Crippen molar-refractivity contribution in [2.45, 2.75) is 13.0 Å². The van der Waals surface area contributed by atoms with Crippen LogP contribution in [0.2, 0.25) is 0 Å². The standard InChI is InChI=1S/C20H23NO7/c1-12(19(22)21-13-6-8-14(24-2)9-7-13)28-20(23)15-10-17(26-4)18(27-5)11-16(15)25-3/h6-12H,1-5H3,(H,21,22). The quantitative estimate of drug-likeness (QED) is 0.694. The van der Waals surface area contributed by atoms with Crippen LogP contribution in [0.3, 0.4) is 0 Å². The van der Waals surface area contributed by atoms with E-state index in [0.29, 0.717) is 22.9 Å². The van der Waals surface area contributed by atoms with Gasteiger partial charge in [-0.1, -0.05) is 0 Å². The number of methoxy groups -OCH3 is 4. The Morgan fingerprint density at radius 2 is 1.39 bits per heavy atom. The van der Waals surface area contributed by atoms with Gasteiger partial charge in [0.25, 0.3) is 5.91 Å². The number of nitrogens with one attached hydrogen (secondary N) is 1. The molecule has 8 nitrogen and oxygen atoms in total. The molecule has 1 unspecified atom stereocenters. The summed E-state index contributed by atoms with van der Waals surface area (Å²) < 4.78 is 25.9. The third-order valence-electron chi connectivity index (χ3n) is 3.94. The number of anilines is 1. The Labute approximate surface area is 163 Å². The fourth-order valence-electron chi connectivity index (χ4n) is 2.38. The predicted octanol–water partition coefficient (Wildman–Crippen LogP) is 2.91. The summed E-state index contributed by atoms with van der Waals surface area (Å²) in [7, 11) is 5.89. The lowest BCUT2D eigenvalue weighted by atomic mass is 10.1. The summed E-state index contributed by atoms with van der Waals surface area (Å²) >= 11 is 0. The Hall–Kier alpha value is -3.42. The van der Waals surface area contributed by atoms with E-state index in [1.165, 1.54) is 40.4 Å². The number of hydrogen-bond acceptors (Lipinski definition) is 7. The Balaban J connectivity index is 2.11. The van der Waals surface area contributed by atoms with Gasteiger partial charge in [-0.05, 0) is 31.2 Å². The molecule has 0 aliphatic rings. The van der Waals surface area contributed by atoms with E-state index in [0.717, 1.165) is 0 Å². The number of carbonyl (C=O) groups excluding carboxylic acids is 2. The molecule has 28 heavy (non-hydrogen) atoms. The monoisotopic (exact) mass is 389 g/mol. The molecule has 150 valence electrons. The van der Waals surface area contributed by atoms with Crippen LogP contribution in [0.5, 0.6) is 23.0 Å². The summed E-state index contributed by atoms with van der Waals surface area (Å²) in [6.07, 6.45) is -1.03. The lowest BCUT2D eigenvalue weighted by Gasteiger charge is -2.16. The van der Waals surface area contributed by atoms with E-state index < -0.39 is 18.0 Å². The minimum absolute atomic E-state index is 0.115. The SMILES string of the molecule is COc1ccc(NC(=O)C(C)OC(=O)c2cc(OC)c(OC)cc2OC)cc1. The molecule has 0 heterocycles. The molecule has 0 fully saturated rings. The maximum absolute atomic E-state index is 12.5. The second kappa shape index (κ2) is 9.50. The van der Waals surface area contributed by atoms with E-state index in [1.807, 2.05) is 0 Å². The summed E-state index contributed by atoms with van der Waals surface area (Å²) in [6, 6.07) is 9.73. The fourth-order valence-corrected chi connectivity index (χ4v) is 2.38. The van der Waals surface area contributed by atoms with Crippen molar-refractivity contribution < 1.29 is 33.3 Å². The predicted molar refractivity (Wildman–Crippen MR) is 103 cm³/mol. The third kappa shape index (κ3) is 4.85. The molecule has 2 aromatic rings. The maximum Gasteiger partial charge on any atom is 0.342 e. The number of carbonyl (C=O) groups is 2. The van der Waals surface area contributed by atoms with E-state index in [1.54, 1.807) is 31.4 Å². The van der Waals surface area contributed by atoms with Crippen LogP contribution in [0.1, 0.15) is 17.3 Å². The van der Waals surface area contributed by atoms with E-state index in [-0.39, 0.29) is 11.3 Å². The van der Waals surface area contributed by atoms with Crippen LogP contribution in [0.25, 0.3) is 0 Å². The Bertz CT molecular complexity index is 833. The summed E-state index contributed by atoms with van der Waals surface area (Å²) in [5.74, 6) is 0.448. The van der Waals surface area contributed by atoms with E-state index in [9.17, 15) is 9.59 Å². The van der Waals surface area contributed by atoms with Gasteiger partial charge in [0.2, 0.25) is 0 Å². The van der Waals surface area contributed by atoms with Gasteiger partial charge in [0.15, 0.2) is 17.6 Å². The van der Waals surface area contributed by atoms with Crippen LogP contribution in [-0.4, -0.2) is 46.4 Å². The van der Waals surface area contributed by atoms with Crippen LogP contribution in [0, 0.1) is 0 Å². The molecule has 0 saturated heterocycles. The van der Waals surface area contributed by atoms with E-state index >= 15 is 0 Å². The normalized spacial score (nSPS) is 11.2. The summed E-state index contributed by atoms with van der Waals surface area (Å²) in [4.78, 5) is 24.9. The average molecular weight is 389 g/mol. The van der Waals surface area contributed by atoms with Crippen molar-refractivity contribution in [3.8, 4) is 23.0 Å². The van der Waals surface area contributed by atoms with Gasteiger partial charge in [-0.3, -0.25) is 4.79 Å². The van der Waals surface area contributed by atoms with Gasteiger partial charge in [-0.15, -0.1) is 0 Å². The van der Waals surface area contributed by atoms with Gasteiger partial charge in [-0.25, -0.2) is 4.79 Å². The lowest BCUT2D eigenvalue weighted by Crippen LogP contribution is -2.30. The highest BCUT2D eigenvalue weighted by molar-refractivity contribution is 5.98. The summed E-state index contributed by atoms with van der Waals surface area (Å²) in [6.45, 7) is 1.48. The van der Waals surface area contributed by atoms with Crippen molar-refractivity contribution in [2.24, 2.45) is 0 Å². The molecule has 0 aliphatic carbocycles. The zero-order valence-corrected chi connectivity index (χ0v) is 16.4. The van der Waals surface area contributed by atoms with Gasteiger partial charge in [0, 0.05) is 17.8 Å². The Morgan fingerprint density at radius 1 is 0.821 bits per heavy atom. The summed E-state index contributed by atoms with van der Waals surface area (Å²) in [5.41, 5.74) is 0.668. The molecular weight excluding hydrogens is 366 g/mol. The molecule has 2 rings (SSSR count). The Morgan fingerprint density at radius 3 is 1.93 bits per heavy atom. The molecule has 0 spiro atoms. The summed E-state index contributed by atoms with van der Waals surface area (Å²) in [5, 5.41) is 2.67. The van der Waals surface area contributed by atoms with Gasteiger partial charge < -0.3 is 29.0 Å². The highest BCUT2D eigenvalue weighted by Crippen LogP contribution is 2.35. The van der Waals surface area contributed by atoms with Gasteiger partial charge in [-0.2, -0.15) is 0 Å².